The Morgan fingerprint density at radius 2 is 2.17 bits per heavy atom. The molecule has 5 heteroatoms. The average molecular weight is 251 g/mol. The summed E-state index contributed by atoms with van der Waals surface area (Å²) in [4.78, 5) is 11.4. The maximum absolute atomic E-state index is 11.4. The van der Waals surface area contributed by atoms with Gasteiger partial charge in [0.05, 0.1) is 12.6 Å². The van der Waals surface area contributed by atoms with Gasteiger partial charge in [0.25, 0.3) is 0 Å². The zero-order valence-electron chi connectivity index (χ0n) is 10.9. The summed E-state index contributed by atoms with van der Waals surface area (Å²) in [6.45, 7) is 3.50. The molecule has 0 bridgehead atoms. The lowest BCUT2D eigenvalue weighted by Gasteiger charge is -2.13. The third kappa shape index (κ3) is 4.73. The van der Waals surface area contributed by atoms with Gasteiger partial charge < -0.3 is 21.1 Å². The Balaban J connectivity index is 2.56. The van der Waals surface area contributed by atoms with E-state index < -0.39 is 6.04 Å². The van der Waals surface area contributed by atoms with E-state index in [2.05, 4.69) is 10.6 Å². The average Bonchev–Trinajstić information content (AvgIpc) is 2.37. The summed E-state index contributed by atoms with van der Waals surface area (Å²) in [5.74, 6) is -0.151. The second-order valence-corrected chi connectivity index (χ2v) is 4.08. The molecule has 4 N–H and O–H groups in total. The predicted molar refractivity (Wildman–Crippen MR) is 72.3 cm³/mol. The summed E-state index contributed by atoms with van der Waals surface area (Å²) in [7, 11) is 1.66. The van der Waals surface area contributed by atoms with Crippen LogP contribution in [0.1, 0.15) is 12.5 Å². The molecule has 1 atom stereocenters. The highest BCUT2D eigenvalue weighted by molar-refractivity contribution is 5.81. The lowest BCUT2D eigenvalue weighted by Crippen LogP contribution is -2.37. The van der Waals surface area contributed by atoms with Crippen molar-refractivity contribution in [3.05, 3.63) is 29.8 Å². The molecule has 0 heterocycles. The summed E-state index contributed by atoms with van der Waals surface area (Å²) < 4.78 is 4.98. The Kier molecular flexibility index (Phi) is 6.18. The second-order valence-electron chi connectivity index (χ2n) is 4.08. The fraction of sp³-hybridized carbons (Fsp3) is 0.462. The highest BCUT2D eigenvalue weighted by Gasteiger charge is 2.07. The third-order valence-corrected chi connectivity index (χ3v) is 2.51. The molecule has 5 nitrogen and oxygen atoms in total. The summed E-state index contributed by atoms with van der Waals surface area (Å²) >= 11 is 0. The maximum Gasteiger partial charge on any atom is 0.236 e. The first-order valence-electron chi connectivity index (χ1n) is 5.99. The molecule has 1 unspecified atom stereocenters. The Morgan fingerprint density at radius 1 is 1.44 bits per heavy atom. The monoisotopic (exact) mass is 251 g/mol. The molecule has 0 spiro atoms. The van der Waals surface area contributed by atoms with E-state index in [4.69, 9.17) is 10.5 Å². The topological polar surface area (TPSA) is 76.4 Å². The number of benzene rings is 1. The SMILES string of the molecule is COCCNc1ccccc1CNC(=O)C(C)N. The highest BCUT2D eigenvalue weighted by Crippen LogP contribution is 2.14. The zero-order valence-corrected chi connectivity index (χ0v) is 10.9. The van der Waals surface area contributed by atoms with Crippen LogP contribution in [0, 0.1) is 0 Å². The number of amides is 1. The van der Waals surface area contributed by atoms with E-state index in [1.54, 1.807) is 14.0 Å². The molecule has 0 aliphatic carbocycles. The van der Waals surface area contributed by atoms with Crippen molar-refractivity contribution in [3.8, 4) is 0 Å². The van der Waals surface area contributed by atoms with Crippen LogP contribution in [0.5, 0.6) is 0 Å². The van der Waals surface area contributed by atoms with Crippen LogP contribution in [0.3, 0.4) is 0 Å². The van der Waals surface area contributed by atoms with Gasteiger partial charge in [0, 0.05) is 25.9 Å². The maximum atomic E-state index is 11.4. The van der Waals surface area contributed by atoms with Gasteiger partial charge in [-0.1, -0.05) is 18.2 Å². The molecule has 0 saturated carbocycles. The molecule has 100 valence electrons. The van der Waals surface area contributed by atoms with Gasteiger partial charge in [-0.15, -0.1) is 0 Å². The Hall–Kier alpha value is -1.59. The highest BCUT2D eigenvalue weighted by atomic mass is 16.5. The van der Waals surface area contributed by atoms with Gasteiger partial charge in [0.2, 0.25) is 5.91 Å². The van der Waals surface area contributed by atoms with Crippen LogP contribution >= 0.6 is 0 Å². The van der Waals surface area contributed by atoms with Crippen molar-refractivity contribution in [2.45, 2.75) is 19.5 Å². The molecular weight excluding hydrogens is 230 g/mol. The fourth-order valence-corrected chi connectivity index (χ4v) is 1.48. The van der Waals surface area contributed by atoms with E-state index in [9.17, 15) is 4.79 Å². The predicted octanol–water partition coefficient (Wildman–Crippen LogP) is 0.708. The number of ether oxygens (including phenoxy) is 1. The molecule has 1 amide bonds. The summed E-state index contributed by atoms with van der Waals surface area (Å²) in [5, 5.41) is 6.05. The van der Waals surface area contributed by atoms with Crippen molar-refractivity contribution >= 4 is 11.6 Å². The number of nitrogens with two attached hydrogens (primary N) is 1. The first kappa shape index (κ1) is 14.5. The van der Waals surface area contributed by atoms with Gasteiger partial charge >= 0.3 is 0 Å². The van der Waals surface area contributed by atoms with E-state index in [0.717, 1.165) is 17.8 Å². The van der Waals surface area contributed by atoms with Gasteiger partial charge in [0.1, 0.15) is 0 Å². The van der Waals surface area contributed by atoms with Crippen LogP contribution < -0.4 is 16.4 Å². The summed E-state index contributed by atoms with van der Waals surface area (Å²) in [5.41, 5.74) is 7.52. The third-order valence-electron chi connectivity index (χ3n) is 2.51. The van der Waals surface area contributed by atoms with Crippen molar-refractivity contribution in [2.75, 3.05) is 25.6 Å². The number of para-hydroxylation sites is 1. The van der Waals surface area contributed by atoms with Crippen LogP contribution in [0.15, 0.2) is 24.3 Å². The minimum absolute atomic E-state index is 0.151. The van der Waals surface area contributed by atoms with E-state index in [-0.39, 0.29) is 5.91 Å². The van der Waals surface area contributed by atoms with Gasteiger partial charge in [0.15, 0.2) is 0 Å². The number of methoxy groups -OCH3 is 1. The van der Waals surface area contributed by atoms with E-state index in [1.165, 1.54) is 0 Å². The van der Waals surface area contributed by atoms with Crippen molar-refractivity contribution < 1.29 is 9.53 Å². The first-order chi connectivity index (χ1) is 8.65. The summed E-state index contributed by atoms with van der Waals surface area (Å²) in [6.07, 6.45) is 0. The first-order valence-corrected chi connectivity index (χ1v) is 5.99. The molecule has 0 aromatic heterocycles. The van der Waals surface area contributed by atoms with Gasteiger partial charge in [-0.05, 0) is 18.6 Å². The molecule has 1 aromatic carbocycles. The molecule has 1 rings (SSSR count). The molecule has 18 heavy (non-hydrogen) atoms. The zero-order chi connectivity index (χ0) is 13.4. The number of carbonyl (C=O) groups is 1. The van der Waals surface area contributed by atoms with E-state index >= 15 is 0 Å². The molecule has 1 aromatic rings. The fourth-order valence-electron chi connectivity index (χ4n) is 1.48. The molecule has 0 radical (unpaired) electrons. The summed E-state index contributed by atoms with van der Waals surface area (Å²) in [6, 6.07) is 7.35. The number of hydrogen-bond donors (Lipinski definition) is 3. The number of carbonyl (C=O) groups excluding carboxylic acids is 1. The lowest BCUT2D eigenvalue weighted by molar-refractivity contribution is -0.122. The second kappa shape index (κ2) is 7.68. The van der Waals surface area contributed by atoms with Crippen LogP contribution in [0.4, 0.5) is 5.69 Å². The quantitative estimate of drug-likeness (QED) is 0.624. The molecule has 0 aliphatic heterocycles. The minimum Gasteiger partial charge on any atom is -0.383 e. The van der Waals surface area contributed by atoms with Crippen molar-refractivity contribution in [2.24, 2.45) is 5.73 Å². The van der Waals surface area contributed by atoms with Crippen molar-refractivity contribution in [1.29, 1.82) is 0 Å². The van der Waals surface area contributed by atoms with Gasteiger partial charge in [-0.3, -0.25) is 4.79 Å². The normalized spacial score (nSPS) is 11.9. The smallest absolute Gasteiger partial charge is 0.236 e. The van der Waals surface area contributed by atoms with Crippen LogP contribution in [0.2, 0.25) is 0 Å². The Morgan fingerprint density at radius 3 is 2.83 bits per heavy atom. The van der Waals surface area contributed by atoms with Crippen molar-refractivity contribution in [3.63, 3.8) is 0 Å². The van der Waals surface area contributed by atoms with Crippen LogP contribution in [-0.2, 0) is 16.1 Å². The number of rotatable bonds is 7. The van der Waals surface area contributed by atoms with E-state index in [0.29, 0.717) is 13.2 Å². The van der Waals surface area contributed by atoms with Gasteiger partial charge in [-0.2, -0.15) is 0 Å². The largest absolute Gasteiger partial charge is 0.383 e. The van der Waals surface area contributed by atoms with Gasteiger partial charge in [-0.25, -0.2) is 0 Å². The number of hydrogen-bond acceptors (Lipinski definition) is 4. The number of nitrogens with one attached hydrogen (secondary N) is 2. The number of anilines is 1. The molecular formula is C13H21N3O2. The molecule has 0 fully saturated rings. The van der Waals surface area contributed by atoms with Crippen LogP contribution in [0.25, 0.3) is 0 Å². The molecule has 0 aliphatic rings. The molecule has 0 saturated heterocycles. The van der Waals surface area contributed by atoms with Crippen LogP contribution in [-0.4, -0.2) is 32.2 Å². The lowest BCUT2D eigenvalue weighted by atomic mass is 10.1. The Bertz CT molecular complexity index is 380. The van der Waals surface area contributed by atoms with Crippen molar-refractivity contribution in [1.82, 2.24) is 5.32 Å². The Labute approximate surface area is 108 Å². The standard InChI is InChI=1S/C13H21N3O2/c1-10(14)13(17)16-9-11-5-3-4-6-12(11)15-7-8-18-2/h3-6,10,15H,7-9,14H2,1-2H3,(H,16,17). The van der Waals surface area contributed by atoms with E-state index in [1.807, 2.05) is 24.3 Å². The minimum atomic E-state index is -0.487.